The molecule has 0 radical (unpaired) electrons. The lowest BCUT2D eigenvalue weighted by Crippen LogP contribution is -2.07. The molecule has 0 atom stereocenters. The summed E-state index contributed by atoms with van der Waals surface area (Å²) in [6.45, 7) is 0. The van der Waals surface area contributed by atoms with Gasteiger partial charge in [-0.1, -0.05) is 36.4 Å². The topological polar surface area (TPSA) is 65.4 Å². The van der Waals surface area contributed by atoms with E-state index in [0.29, 0.717) is 22.9 Å². The molecule has 0 saturated heterocycles. The second-order valence-corrected chi connectivity index (χ2v) is 5.32. The first-order chi connectivity index (χ1) is 12.4. The highest BCUT2D eigenvalue weighted by molar-refractivity contribution is 5.75. The third kappa shape index (κ3) is 3.62. The first-order valence-electron chi connectivity index (χ1n) is 7.34. The van der Waals surface area contributed by atoms with E-state index in [0.717, 1.165) is 12.1 Å². The van der Waals surface area contributed by atoms with Crippen molar-refractivity contribution in [1.82, 2.24) is 15.4 Å². The minimum atomic E-state index is -4.66. The van der Waals surface area contributed by atoms with Gasteiger partial charge in [-0.25, -0.2) is 4.39 Å². The van der Waals surface area contributed by atoms with Gasteiger partial charge in [0.1, 0.15) is 17.6 Å². The molecule has 0 unspecified atom stereocenters. The van der Waals surface area contributed by atoms with Crippen molar-refractivity contribution in [2.45, 2.75) is 6.18 Å². The Morgan fingerprint density at radius 3 is 2.58 bits per heavy atom. The van der Waals surface area contributed by atoms with Gasteiger partial charge in [0.2, 0.25) is 0 Å². The predicted molar refractivity (Wildman–Crippen MR) is 86.9 cm³/mol. The number of aromatic nitrogens is 3. The van der Waals surface area contributed by atoms with E-state index < -0.39 is 17.6 Å². The van der Waals surface area contributed by atoms with E-state index in [2.05, 4.69) is 15.4 Å². The van der Waals surface area contributed by atoms with Crippen molar-refractivity contribution in [3.8, 4) is 17.3 Å². The summed E-state index contributed by atoms with van der Waals surface area (Å²) in [7, 11) is 0. The molecule has 26 heavy (non-hydrogen) atoms. The first kappa shape index (κ1) is 17.4. The van der Waals surface area contributed by atoms with Gasteiger partial charge in [-0.15, -0.1) is 5.10 Å². The van der Waals surface area contributed by atoms with Crippen molar-refractivity contribution in [3.05, 3.63) is 70.7 Å². The second-order valence-electron chi connectivity index (χ2n) is 5.32. The van der Waals surface area contributed by atoms with E-state index in [-0.39, 0.29) is 11.3 Å². The summed E-state index contributed by atoms with van der Waals surface area (Å²) in [5.41, 5.74) is 0.445. The lowest BCUT2D eigenvalue weighted by atomic mass is 10.0. The maximum Gasteiger partial charge on any atom is 0.417 e. The molecule has 3 aromatic rings. The third-order valence-corrected chi connectivity index (χ3v) is 3.59. The molecular formula is C18H10F4N4. The van der Waals surface area contributed by atoms with Gasteiger partial charge in [0.05, 0.1) is 5.56 Å². The molecule has 2 aromatic carbocycles. The van der Waals surface area contributed by atoms with Gasteiger partial charge in [0.25, 0.3) is 0 Å². The molecule has 8 heteroatoms. The minimum Gasteiger partial charge on any atom is -0.207 e. The van der Waals surface area contributed by atoms with E-state index in [1.807, 2.05) is 6.07 Å². The molecule has 1 heterocycles. The summed E-state index contributed by atoms with van der Waals surface area (Å²) in [5, 5.41) is 19.0. The van der Waals surface area contributed by atoms with Crippen molar-refractivity contribution in [1.29, 1.82) is 5.26 Å². The number of halogens is 4. The molecule has 0 aliphatic heterocycles. The molecule has 0 bridgehead atoms. The summed E-state index contributed by atoms with van der Waals surface area (Å²) in [6.07, 6.45) is -1.93. The summed E-state index contributed by atoms with van der Waals surface area (Å²) >= 11 is 0. The van der Waals surface area contributed by atoms with Crippen LogP contribution in [0, 0.1) is 17.1 Å². The van der Waals surface area contributed by atoms with Crippen LogP contribution in [0.1, 0.15) is 22.4 Å². The fraction of sp³-hybridized carbons (Fsp3) is 0.0556. The van der Waals surface area contributed by atoms with Crippen LogP contribution in [0.15, 0.2) is 42.5 Å². The van der Waals surface area contributed by atoms with Crippen molar-refractivity contribution in [2.75, 3.05) is 0 Å². The van der Waals surface area contributed by atoms with Gasteiger partial charge in [0.15, 0.2) is 5.69 Å². The Kier molecular flexibility index (Phi) is 4.54. The molecule has 3 rings (SSSR count). The quantitative estimate of drug-likeness (QED) is 0.546. The second kappa shape index (κ2) is 6.80. The molecule has 4 nitrogen and oxygen atoms in total. The van der Waals surface area contributed by atoms with E-state index in [9.17, 15) is 17.6 Å². The zero-order valence-electron chi connectivity index (χ0n) is 13.0. The highest BCUT2D eigenvalue weighted by Crippen LogP contribution is 2.33. The Morgan fingerprint density at radius 1 is 1.04 bits per heavy atom. The van der Waals surface area contributed by atoms with Crippen LogP contribution in [0.3, 0.4) is 0 Å². The van der Waals surface area contributed by atoms with Crippen LogP contribution in [0.25, 0.3) is 23.4 Å². The number of rotatable bonds is 3. The van der Waals surface area contributed by atoms with Crippen LogP contribution in [-0.2, 0) is 6.18 Å². The Balaban J connectivity index is 1.96. The van der Waals surface area contributed by atoms with Gasteiger partial charge in [-0.05, 0) is 29.3 Å². The monoisotopic (exact) mass is 358 g/mol. The van der Waals surface area contributed by atoms with Crippen molar-refractivity contribution in [2.24, 2.45) is 0 Å². The number of aromatic amines is 1. The highest BCUT2D eigenvalue weighted by atomic mass is 19.4. The zero-order valence-corrected chi connectivity index (χ0v) is 13.0. The van der Waals surface area contributed by atoms with Crippen LogP contribution < -0.4 is 0 Å². The number of alkyl halides is 3. The standard InChI is InChI=1S/C18H10F4N4/c19-14-7-6-12(15(9-14)18(20,21)22)5-4-11-2-1-3-13(8-11)17-16(10-23)24-26-25-17/h1-9H,(H,24,25,26)/b5-4+. The maximum atomic E-state index is 13.2. The van der Waals surface area contributed by atoms with Crippen molar-refractivity contribution in [3.63, 3.8) is 0 Å². The molecule has 130 valence electrons. The molecule has 0 spiro atoms. The smallest absolute Gasteiger partial charge is 0.207 e. The normalized spacial score (nSPS) is 11.7. The predicted octanol–water partition coefficient (Wildman–Crippen LogP) is 4.67. The molecular weight excluding hydrogens is 348 g/mol. The van der Waals surface area contributed by atoms with E-state index in [1.54, 1.807) is 24.3 Å². The SMILES string of the molecule is N#Cc1n[nH]nc1-c1cccc(/C=C/c2ccc(F)cc2C(F)(F)F)c1. The number of benzene rings is 2. The molecule has 0 fully saturated rings. The minimum absolute atomic E-state index is 0.115. The fourth-order valence-corrected chi connectivity index (χ4v) is 2.41. The molecule has 0 amide bonds. The van der Waals surface area contributed by atoms with Gasteiger partial charge in [-0.3, -0.25) is 0 Å². The van der Waals surface area contributed by atoms with E-state index in [4.69, 9.17) is 5.26 Å². The number of hydrogen-bond donors (Lipinski definition) is 1. The lowest BCUT2D eigenvalue weighted by molar-refractivity contribution is -0.137. The summed E-state index contributed by atoms with van der Waals surface area (Å²) in [6, 6.07) is 11.1. The van der Waals surface area contributed by atoms with Gasteiger partial charge < -0.3 is 0 Å². The number of H-pyrrole nitrogens is 1. The Hall–Kier alpha value is -3.47. The summed E-state index contributed by atoms with van der Waals surface area (Å²) in [4.78, 5) is 0. The maximum absolute atomic E-state index is 13.2. The Labute approximate surface area is 145 Å². The molecule has 0 saturated carbocycles. The van der Waals surface area contributed by atoms with Crippen molar-refractivity contribution >= 4 is 12.2 Å². The van der Waals surface area contributed by atoms with Crippen LogP contribution in [0.4, 0.5) is 17.6 Å². The van der Waals surface area contributed by atoms with Crippen LogP contribution in [0.5, 0.6) is 0 Å². The highest BCUT2D eigenvalue weighted by Gasteiger charge is 2.33. The van der Waals surface area contributed by atoms with Gasteiger partial charge in [0, 0.05) is 5.56 Å². The average molecular weight is 358 g/mol. The summed E-state index contributed by atoms with van der Waals surface area (Å²) < 4.78 is 52.3. The number of nitrogens with one attached hydrogen (secondary N) is 1. The Bertz CT molecular complexity index is 1010. The largest absolute Gasteiger partial charge is 0.417 e. The van der Waals surface area contributed by atoms with Crippen molar-refractivity contribution < 1.29 is 17.6 Å². The number of hydrogen-bond acceptors (Lipinski definition) is 3. The number of nitriles is 1. The third-order valence-electron chi connectivity index (χ3n) is 3.59. The lowest BCUT2D eigenvalue weighted by Gasteiger charge is -2.10. The van der Waals surface area contributed by atoms with Gasteiger partial charge in [-0.2, -0.15) is 28.7 Å². The van der Waals surface area contributed by atoms with Gasteiger partial charge >= 0.3 is 6.18 Å². The molecule has 0 aliphatic rings. The molecule has 1 N–H and O–H groups in total. The zero-order chi connectivity index (χ0) is 18.7. The Morgan fingerprint density at radius 2 is 1.85 bits per heavy atom. The van der Waals surface area contributed by atoms with E-state index in [1.165, 1.54) is 12.2 Å². The first-order valence-corrected chi connectivity index (χ1v) is 7.34. The van der Waals surface area contributed by atoms with Crippen LogP contribution in [0.2, 0.25) is 0 Å². The molecule has 1 aromatic heterocycles. The average Bonchev–Trinajstić information content (AvgIpc) is 3.09. The summed E-state index contributed by atoms with van der Waals surface area (Å²) in [5.74, 6) is -0.952. The molecule has 0 aliphatic carbocycles. The van der Waals surface area contributed by atoms with E-state index >= 15 is 0 Å². The van der Waals surface area contributed by atoms with Crippen LogP contribution >= 0.6 is 0 Å². The number of nitrogens with zero attached hydrogens (tertiary/aromatic N) is 3. The van der Waals surface area contributed by atoms with Crippen LogP contribution in [-0.4, -0.2) is 15.4 Å². The fourth-order valence-electron chi connectivity index (χ4n) is 2.41.